The van der Waals surface area contributed by atoms with Gasteiger partial charge in [-0.05, 0) is 32.1 Å². The molecule has 1 rings (SSSR count). The summed E-state index contributed by atoms with van der Waals surface area (Å²) in [6.45, 7) is 7.10. The van der Waals surface area contributed by atoms with Gasteiger partial charge in [-0.3, -0.25) is 0 Å². The van der Waals surface area contributed by atoms with Gasteiger partial charge in [0.15, 0.2) is 6.29 Å². The molecule has 1 aliphatic heterocycles. The maximum absolute atomic E-state index is 10.0. The summed E-state index contributed by atoms with van der Waals surface area (Å²) in [6, 6.07) is 0. The van der Waals surface area contributed by atoms with E-state index in [9.17, 15) is 20.4 Å². The number of aliphatic hydroxyl groups is 5. The van der Waals surface area contributed by atoms with E-state index in [2.05, 4.69) is 6.58 Å². The van der Waals surface area contributed by atoms with Gasteiger partial charge in [-0.25, -0.2) is 0 Å². The predicted octanol–water partition coefficient (Wildman–Crippen LogP) is -0.454. The molecule has 5 N–H and O–H groups in total. The zero-order valence-electron chi connectivity index (χ0n) is 13.8. The van der Waals surface area contributed by atoms with Crippen LogP contribution in [-0.4, -0.2) is 75.1 Å². The fraction of sp³-hybridized carbons (Fsp3) is 0.875. The van der Waals surface area contributed by atoms with Crippen molar-refractivity contribution in [2.75, 3.05) is 13.2 Å². The van der Waals surface area contributed by atoms with Crippen LogP contribution in [0.25, 0.3) is 0 Å². The van der Waals surface area contributed by atoms with Crippen LogP contribution >= 0.6 is 0 Å². The Hall–Kier alpha value is -0.540. The zero-order valence-corrected chi connectivity index (χ0v) is 13.8. The Kier molecular flexibility index (Phi) is 8.09. The predicted molar refractivity (Wildman–Crippen MR) is 83.6 cm³/mol. The molecule has 23 heavy (non-hydrogen) atoms. The van der Waals surface area contributed by atoms with Gasteiger partial charge in [-0.2, -0.15) is 0 Å². The maximum atomic E-state index is 10.0. The molecule has 0 aromatic carbocycles. The first-order chi connectivity index (χ1) is 10.8. The van der Waals surface area contributed by atoms with Crippen molar-refractivity contribution in [3.05, 3.63) is 12.7 Å². The first kappa shape index (κ1) is 20.5. The lowest BCUT2D eigenvalue weighted by Crippen LogP contribution is -2.60. The third kappa shape index (κ3) is 5.49. The van der Waals surface area contributed by atoms with Crippen molar-refractivity contribution in [2.24, 2.45) is 5.92 Å². The molecule has 1 heterocycles. The van der Waals surface area contributed by atoms with Crippen LogP contribution in [-0.2, 0) is 9.47 Å². The summed E-state index contributed by atoms with van der Waals surface area (Å²) in [5.41, 5.74) is -0.803. The molecular formula is C16H30O7. The van der Waals surface area contributed by atoms with Gasteiger partial charge >= 0.3 is 0 Å². The fourth-order valence-corrected chi connectivity index (χ4v) is 2.53. The van der Waals surface area contributed by atoms with E-state index in [0.717, 1.165) is 12.8 Å². The summed E-state index contributed by atoms with van der Waals surface area (Å²) in [4.78, 5) is 0. The van der Waals surface area contributed by atoms with Crippen LogP contribution in [0, 0.1) is 5.92 Å². The van der Waals surface area contributed by atoms with E-state index < -0.39 is 42.9 Å². The van der Waals surface area contributed by atoms with Crippen LogP contribution in [0.2, 0.25) is 0 Å². The van der Waals surface area contributed by atoms with Crippen LogP contribution in [0.1, 0.15) is 33.1 Å². The molecule has 0 bridgehead atoms. The molecule has 0 aromatic heterocycles. The van der Waals surface area contributed by atoms with E-state index in [1.54, 1.807) is 13.0 Å². The third-order valence-corrected chi connectivity index (χ3v) is 4.35. The van der Waals surface area contributed by atoms with Gasteiger partial charge in [-0.15, -0.1) is 6.58 Å². The first-order valence-electron chi connectivity index (χ1n) is 8.00. The van der Waals surface area contributed by atoms with Crippen molar-refractivity contribution in [1.82, 2.24) is 0 Å². The van der Waals surface area contributed by atoms with Gasteiger partial charge in [0.25, 0.3) is 0 Å². The van der Waals surface area contributed by atoms with Crippen molar-refractivity contribution in [2.45, 2.75) is 69.4 Å². The Morgan fingerprint density at radius 2 is 1.87 bits per heavy atom. The Balaban J connectivity index is 2.66. The normalized spacial score (nSPS) is 35.5. The topological polar surface area (TPSA) is 120 Å². The van der Waals surface area contributed by atoms with E-state index in [-0.39, 0.29) is 12.5 Å². The molecule has 7 unspecified atom stereocenters. The minimum atomic E-state index is -1.46. The van der Waals surface area contributed by atoms with Crippen LogP contribution < -0.4 is 0 Å². The molecule has 7 heteroatoms. The Bertz CT molecular complexity index is 362. The van der Waals surface area contributed by atoms with Crippen molar-refractivity contribution in [3.63, 3.8) is 0 Å². The second-order valence-corrected chi connectivity index (χ2v) is 6.51. The molecule has 1 saturated heterocycles. The number of ether oxygens (including phenoxy) is 2. The molecule has 0 amide bonds. The minimum Gasteiger partial charge on any atom is -0.396 e. The highest BCUT2D eigenvalue weighted by molar-refractivity contribution is 4.96. The van der Waals surface area contributed by atoms with Crippen LogP contribution in [0.3, 0.4) is 0 Å². The molecule has 0 aromatic rings. The molecule has 136 valence electrons. The zero-order chi connectivity index (χ0) is 17.6. The average Bonchev–Trinajstić information content (AvgIpc) is 2.55. The Morgan fingerprint density at radius 3 is 2.39 bits per heavy atom. The highest BCUT2D eigenvalue weighted by atomic mass is 16.7. The monoisotopic (exact) mass is 334 g/mol. The van der Waals surface area contributed by atoms with Crippen LogP contribution in [0.15, 0.2) is 12.7 Å². The SMILES string of the molecule is C=CC(C)(CCCC(C)CO)OC1OC(CO)C(O)C(O)C1O. The number of hydrogen-bond donors (Lipinski definition) is 5. The van der Waals surface area contributed by atoms with E-state index in [1.807, 2.05) is 6.92 Å². The van der Waals surface area contributed by atoms with Gasteiger partial charge in [0.05, 0.1) is 12.2 Å². The summed E-state index contributed by atoms with van der Waals surface area (Å²) in [5.74, 6) is 0.191. The number of aliphatic hydroxyl groups excluding tert-OH is 5. The molecule has 0 spiro atoms. The second-order valence-electron chi connectivity index (χ2n) is 6.51. The van der Waals surface area contributed by atoms with Gasteiger partial charge in [-0.1, -0.05) is 13.0 Å². The second kappa shape index (κ2) is 9.08. The fourth-order valence-electron chi connectivity index (χ4n) is 2.53. The van der Waals surface area contributed by atoms with Crippen molar-refractivity contribution >= 4 is 0 Å². The smallest absolute Gasteiger partial charge is 0.187 e. The summed E-state index contributed by atoms with van der Waals surface area (Å²) in [6.07, 6.45) is -2.69. The average molecular weight is 334 g/mol. The molecular weight excluding hydrogens is 304 g/mol. The molecule has 7 atom stereocenters. The largest absolute Gasteiger partial charge is 0.396 e. The molecule has 0 radical (unpaired) electrons. The molecule has 0 aliphatic carbocycles. The van der Waals surface area contributed by atoms with Gasteiger partial charge in [0, 0.05) is 6.61 Å². The van der Waals surface area contributed by atoms with E-state index in [1.165, 1.54) is 0 Å². The summed E-state index contributed by atoms with van der Waals surface area (Å²) in [7, 11) is 0. The third-order valence-electron chi connectivity index (χ3n) is 4.35. The van der Waals surface area contributed by atoms with Crippen LogP contribution in [0.4, 0.5) is 0 Å². The lowest BCUT2D eigenvalue weighted by atomic mass is 9.94. The molecule has 7 nitrogen and oxygen atoms in total. The molecule has 0 saturated carbocycles. The Morgan fingerprint density at radius 1 is 1.22 bits per heavy atom. The van der Waals surface area contributed by atoms with Crippen molar-refractivity contribution in [1.29, 1.82) is 0 Å². The van der Waals surface area contributed by atoms with Gasteiger partial charge in [0.1, 0.15) is 24.4 Å². The summed E-state index contributed by atoms with van der Waals surface area (Å²) in [5, 5.41) is 47.8. The summed E-state index contributed by atoms with van der Waals surface area (Å²) >= 11 is 0. The van der Waals surface area contributed by atoms with E-state index in [4.69, 9.17) is 14.6 Å². The Labute approximate surface area is 137 Å². The van der Waals surface area contributed by atoms with Gasteiger partial charge in [0.2, 0.25) is 0 Å². The van der Waals surface area contributed by atoms with E-state index in [0.29, 0.717) is 6.42 Å². The van der Waals surface area contributed by atoms with E-state index >= 15 is 0 Å². The maximum Gasteiger partial charge on any atom is 0.187 e. The van der Waals surface area contributed by atoms with Crippen molar-refractivity contribution < 1.29 is 35.0 Å². The molecule has 1 fully saturated rings. The molecule has 1 aliphatic rings. The van der Waals surface area contributed by atoms with Gasteiger partial charge < -0.3 is 35.0 Å². The lowest BCUT2D eigenvalue weighted by molar-refractivity contribution is -0.319. The standard InChI is InChI=1S/C16H30O7/c1-4-16(3,7-5-6-10(2)8-17)23-15-14(21)13(20)12(19)11(9-18)22-15/h4,10-15,17-21H,1,5-9H2,2-3H3. The van der Waals surface area contributed by atoms with Crippen molar-refractivity contribution in [3.8, 4) is 0 Å². The minimum absolute atomic E-state index is 0.123. The highest BCUT2D eigenvalue weighted by Crippen LogP contribution is 2.29. The quantitative estimate of drug-likeness (QED) is 0.362. The first-order valence-corrected chi connectivity index (χ1v) is 8.00. The number of hydrogen-bond acceptors (Lipinski definition) is 7. The number of rotatable bonds is 9. The summed E-state index contributed by atoms with van der Waals surface area (Å²) < 4.78 is 11.1. The highest BCUT2D eigenvalue weighted by Gasteiger charge is 2.45. The van der Waals surface area contributed by atoms with Crippen LogP contribution in [0.5, 0.6) is 0 Å². The lowest BCUT2D eigenvalue weighted by Gasteiger charge is -2.42.